The lowest BCUT2D eigenvalue weighted by atomic mass is 10.0. The number of hydrogen-bond acceptors (Lipinski definition) is 4. The molecule has 112 valence electrons. The van der Waals surface area contributed by atoms with Crippen molar-refractivity contribution >= 4 is 11.6 Å². The van der Waals surface area contributed by atoms with Crippen molar-refractivity contribution in [2.24, 2.45) is 0 Å². The van der Waals surface area contributed by atoms with Gasteiger partial charge in [0.15, 0.2) is 0 Å². The van der Waals surface area contributed by atoms with E-state index in [1.54, 1.807) is 13.2 Å². The quantitative estimate of drug-likeness (QED) is 0.760. The lowest BCUT2D eigenvalue weighted by Gasteiger charge is -2.09. The fourth-order valence-electron chi connectivity index (χ4n) is 1.87. The number of halogens is 1. The van der Waals surface area contributed by atoms with E-state index in [1.807, 2.05) is 12.1 Å². The second kappa shape index (κ2) is 7.27. The smallest absolute Gasteiger partial charge is 0.217 e. The summed E-state index contributed by atoms with van der Waals surface area (Å²) in [6.45, 7) is 4.82. The zero-order valence-electron chi connectivity index (χ0n) is 12.5. The Bertz CT molecular complexity index is 585. The molecule has 0 spiro atoms. The molecule has 0 aliphatic rings. The first-order valence-electron chi connectivity index (χ1n) is 6.88. The Morgan fingerprint density at radius 2 is 1.86 bits per heavy atom. The fraction of sp³-hybridized carbons (Fsp3) is 0.375. The highest BCUT2D eigenvalue weighted by atomic mass is 35.5. The largest absolute Gasteiger partial charge is 0.493 e. The molecular formula is C16H19ClN2O2. The molecule has 1 aromatic carbocycles. The highest BCUT2D eigenvalue weighted by Crippen LogP contribution is 2.19. The maximum atomic E-state index is 5.90. The van der Waals surface area contributed by atoms with Crippen molar-refractivity contribution in [1.29, 1.82) is 0 Å². The average molecular weight is 307 g/mol. The number of methoxy groups -OCH3 is 1. The Morgan fingerprint density at radius 3 is 2.48 bits per heavy atom. The lowest BCUT2D eigenvalue weighted by molar-refractivity contribution is 0.317. The van der Waals surface area contributed by atoms with Crippen molar-refractivity contribution in [3.8, 4) is 11.6 Å². The molecule has 2 aromatic rings. The molecule has 0 radical (unpaired) electrons. The molecule has 0 fully saturated rings. The van der Waals surface area contributed by atoms with Crippen LogP contribution in [0.2, 0.25) is 5.15 Å². The summed E-state index contributed by atoms with van der Waals surface area (Å²) in [5.74, 6) is 2.43. The van der Waals surface area contributed by atoms with Crippen LogP contribution in [0.3, 0.4) is 0 Å². The molecule has 1 aromatic heterocycles. The summed E-state index contributed by atoms with van der Waals surface area (Å²) in [5, 5.41) is 0.373. The molecule has 0 amide bonds. The number of rotatable bonds is 6. The van der Waals surface area contributed by atoms with Gasteiger partial charge in [-0.05, 0) is 23.6 Å². The van der Waals surface area contributed by atoms with Gasteiger partial charge in [-0.2, -0.15) is 4.98 Å². The maximum absolute atomic E-state index is 5.90. The van der Waals surface area contributed by atoms with Crippen molar-refractivity contribution < 1.29 is 9.47 Å². The predicted molar refractivity (Wildman–Crippen MR) is 83.3 cm³/mol. The molecule has 21 heavy (non-hydrogen) atoms. The number of hydrogen-bond donors (Lipinski definition) is 0. The zero-order valence-corrected chi connectivity index (χ0v) is 13.2. The third-order valence-corrected chi connectivity index (χ3v) is 3.26. The fourth-order valence-corrected chi connectivity index (χ4v) is 2.06. The molecular weight excluding hydrogens is 288 g/mol. The lowest BCUT2D eigenvalue weighted by Crippen LogP contribution is -2.06. The summed E-state index contributed by atoms with van der Waals surface area (Å²) >= 11 is 5.90. The van der Waals surface area contributed by atoms with E-state index in [-0.39, 0.29) is 0 Å². The SMILES string of the molecule is COc1cc(Cl)nc(CCOc2ccc(C(C)C)cc2)n1. The van der Waals surface area contributed by atoms with Crippen LogP contribution in [0.1, 0.15) is 31.2 Å². The molecule has 0 aliphatic heterocycles. The first kappa shape index (κ1) is 15.6. The molecule has 0 saturated carbocycles. The van der Waals surface area contributed by atoms with Gasteiger partial charge in [-0.25, -0.2) is 4.98 Å². The molecule has 1 heterocycles. The first-order chi connectivity index (χ1) is 10.1. The van der Waals surface area contributed by atoms with Gasteiger partial charge >= 0.3 is 0 Å². The monoisotopic (exact) mass is 306 g/mol. The molecule has 5 heteroatoms. The van der Waals surface area contributed by atoms with E-state index in [9.17, 15) is 0 Å². The average Bonchev–Trinajstić information content (AvgIpc) is 2.47. The zero-order chi connectivity index (χ0) is 15.2. The number of benzene rings is 1. The second-order valence-corrected chi connectivity index (χ2v) is 5.36. The molecule has 0 bridgehead atoms. The molecule has 0 atom stereocenters. The summed E-state index contributed by atoms with van der Waals surface area (Å²) in [6.07, 6.45) is 0.572. The number of ether oxygens (including phenoxy) is 2. The van der Waals surface area contributed by atoms with Crippen molar-refractivity contribution in [3.05, 3.63) is 46.9 Å². The Hall–Kier alpha value is -1.81. The Labute approximate surface area is 130 Å². The van der Waals surface area contributed by atoms with Crippen molar-refractivity contribution in [3.63, 3.8) is 0 Å². The van der Waals surface area contributed by atoms with E-state index in [0.717, 1.165) is 5.75 Å². The van der Waals surface area contributed by atoms with Crippen LogP contribution in [0.4, 0.5) is 0 Å². The van der Waals surface area contributed by atoms with Crippen LogP contribution in [0, 0.1) is 0 Å². The van der Waals surface area contributed by atoms with Gasteiger partial charge in [-0.15, -0.1) is 0 Å². The number of aromatic nitrogens is 2. The Morgan fingerprint density at radius 1 is 1.14 bits per heavy atom. The Balaban J connectivity index is 1.90. The van der Waals surface area contributed by atoms with Gasteiger partial charge in [0.2, 0.25) is 5.88 Å². The summed E-state index contributed by atoms with van der Waals surface area (Å²) in [7, 11) is 1.55. The predicted octanol–water partition coefficient (Wildman–Crippen LogP) is 3.88. The minimum Gasteiger partial charge on any atom is -0.493 e. The highest BCUT2D eigenvalue weighted by Gasteiger charge is 2.04. The molecule has 2 rings (SSSR count). The minimum atomic E-state index is 0.373. The van der Waals surface area contributed by atoms with E-state index in [4.69, 9.17) is 21.1 Å². The standard InChI is InChI=1S/C16H19ClN2O2/c1-11(2)12-4-6-13(7-5-12)21-9-8-15-18-14(17)10-16(19-15)20-3/h4-7,10-11H,8-9H2,1-3H3. The van der Waals surface area contributed by atoms with Crippen LogP contribution in [-0.4, -0.2) is 23.7 Å². The van der Waals surface area contributed by atoms with Crippen LogP contribution in [0.25, 0.3) is 0 Å². The van der Waals surface area contributed by atoms with Crippen LogP contribution < -0.4 is 9.47 Å². The third-order valence-electron chi connectivity index (χ3n) is 3.07. The van der Waals surface area contributed by atoms with E-state index in [0.29, 0.717) is 35.8 Å². The van der Waals surface area contributed by atoms with Gasteiger partial charge in [0.05, 0.1) is 13.7 Å². The summed E-state index contributed by atoms with van der Waals surface area (Å²) < 4.78 is 10.8. The van der Waals surface area contributed by atoms with Crippen LogP contribution in [0.5, 0.6) is 11.6 Å². The number of nitrogens with zero attached hydrogens (tertiary/aromatic N) is 2. The van der Waals surface area contributed by atoms with Crippen LogP contribution in [-0.2, 0) is 6.42 Å². The third kappa shape index (κ3) is 4.60. The minimum absolute atomic E-state index is 0.373. The normalized spacial score (nSPS) is 10.7. The molecule has 0 aliphatic carbocycles. The van der Waals surface area contributed by atoms with E-state index in [1.165, 1.54) is 5.56 Å². The van der Waals surface area contributed by atoms with Gasteiger partial charge in [0, 0.05) is 12.5 Å². The van der Waals surface area contributed by atoms with E-state index in [2.05, 4.69) is 35.9 Å². The van der Waals surface area contributed by atoms with Crippen molar-refractivity contribution in [1.82, 2.24) is 9.97 Å². The summed E-state index contributed by atoms with van der Waals surface area (Å²) in [4.78, 5) is 8.37. The Kier molecular flexibility index (Phi) is 5.39. The van der Waals surface area contributed by atoms with Gasteiger partial charge in [0.1, 0.15) is 16.7 Å². The van der Waals surface area contributed by atoms with Crippen LogP contribution in [0.15, 0.2) is 30.3 Å². The van der Waals surface area contributed by atoms with Crippen molar-refractivity contribution in [2.45, 2.75) is 26.2 Å². The van der Waals surface area contributed by atoms with Gasteiger partial charge in [-0.1, -0.05) is 37.6 Å². The summed E-state index contributed by atoms with van der Waals surface area (Å²) in [5.41, 5.74) is 1.30. The topological polar surface area (TPSA) is 44.2 Å². The highest BCUT2D eigenvalue weighted by molar-refractivity contribution is 6.29. The van der Waals surface area contributed by atoms with Crippen molar-refractivity contribution in [2.75, 3.05) is 13.7 Å². The van der Waals surface area contributed by atoms with E-state index >= 15 is 0 Å². The summed E-state index contributed by atoms with van der Waals surface area (Å²) in [6, 6.07) is 9.71. The molecule has 0 N–H and O–H groups in total. The second-order valence-electron chi connectivity index (χ2n) is 4.97. The molecule has 0 unspecified atom stereocenters. The van der Waals surface area contributed by atoms with E-state index < -0.39 is 0 Å². The molecule has 0 saturated heterocycles. The van der Waals surface area contributed by atoms with Crippen LogP contribution >= 0.6 is 11.6 Å². The van der Waals surface area contributed by atoms with Gasteiger partial charge in [0.25, 0.3) is 0 Å². The first-order valence-corrected chi connectivity index (χ1v) is 7.26. The maximum Gasteiger partial charge on any atom is 0.217 e. The van der Waals surface area contributed by atoms with Gasteiger partial charge < -0.3 is 9.47 Å². The van der Waals surface area contributed by atoms with Gasteiger partial charge in [-0.3, -0.25) is 0 Å². The molecule has 4 nitrogen and oxygen atoms in total.